The second-order valence-corrected chi connectivity index (χ2v) is 11.7. The first-order chi connectivity index (χ1) is 18.6. The number of rotatable bonds is 9. The highest BCUT2D eigenvalue weighted by atomic mass is 35.5. The second kappa shape index (κ2) is 12.6. The summed E-state index contributed by atoms with van der Waals surface area (Å²) in [5.74, 6) is 2.16. The first-order valence-corrected chi connectivity index (χ1v) is 14.6. The fourth-order valence-electron chi connectivity index (χ4n) is 4.90. The standard InChI is InChI=1S/C28H38ClN7O2S/c1-18(2)35(24-16-23(31-21(6)32-24)34-12-10-33(11-13-34)14-15-37)25-17-30-27(39-25)28(38)36(19(3)4)26-20(5)8-7-9-22(26)29/h7-9,16-19,37H,10-15H2,1-6H3. The van der Waals surface area contributed by atoms with Crippen LogP contribution >= 0.6 is 22.9 Å². The average Bonchev–Trinajstić information content (AvgIpc) is 3.35. The van der Waals surface area contributed by atoms with Crippen LogP contribution in [0.1, 0.15) is 48.9 Å². The minimum atomic E-state index is -0.179. The van der Waals surface area contributed by atoms with Crippen LogP contribution in [-0.2, 0) is 0 Å². The highest BCUT2D eigenvalue weighted by Gasteiger charge is 2.28. The van der Waals surface area contributed by atoms with Gasteiger partial charge in [-0.25, -0.2) is 15.0 Å². The first kappa shape index (κ1) is 29.2. The van der Waals surface area contributed by atoms with Crippen LogP contribution in [0.3, 0.4) is 0 Å². The van der Waals surface area contributed by atoms with Crippen LogP contribution in [0.4, 0.5) is 22.3 Å². The van der Waals surface area contributed by atoms with Gasteiger partial charge >= 0.3 is 0 Å². The molecule has 3 aromatic rings. The van der Waals surface area contributed by atoms with Gasteiger partial charge in [-0.3, -0.25) is 9.69 Å². The molecule has 1 fully saturated rings. The molecule has 0 saturated carbocycles. The lowest BCUT2D eigenvalue weighted by Gasteiger charge is -2.35. The van der Waals surface area contributed by atoms with Gasteiger partial charge in [0.25, 0.3) is 5.91 Å². The molecule has 1 aliphatic rings. The van der Waals surface area contributed by atoms with Crippen molar-refractivity contribution < 1.29 is 9.90 Å². The summed E-state index contributed by atoms with van der Waals surface area (Å²) in [4.78, 5) is 36.2. The van der Waals surface area contributed by atoms with Gasteiger partial charge in [0.2, 0.25) is 0 Å². The molecule has 11 heteroatoms. The van der Waals surface area contributed by atoms with Crippen molar-refractivity contribution in [1.29, 1.82) is 0 Å². The van der Waals surface area contributed by atoms with E-state index in [0.717, 1.165) is 48.4 Å². The minimum Gasteiger partial charge on any atom is -0.395 e. The van der Waals surface area contributed by atoms with Crippen LogP contribution in [0.5, 0.6) is 0 Å². The van der Waals surface area contributed by atoms with Crippen LogP contribution < -0.4 is 14.7 Å². The molecule has 1 amide bonds. The zero-order chi connectivity index (χ0) is 28.3. The summed E-state index contributed by atoms with van der Waals surface area (Å²) >= 11 is 7.90. The van der Waals surface area contributed by atoms with Crippen LogP contribution in [0, 0.1) is 13.8 Å². The van der Waals surface area contributed by atoms with Gasteiger partial charge in [-0.1, -0.05) is 35.1 Å². The summed E-state index contributed by atoms with van der Waals surface area (Å²) in [5, 5.41) is 11.0. The molecule has 2 aromatic heterocycles. The monoisotopic (exact) mass is 571 g/mol. The minimum absolute atomic E-state index is 0.0731. The zero-order valence-corrected chi connectivity index (χ0v) is 25.1. The fourth-order valence-corrected chi connectivity index (χ4v) is 6.21. The van der Waals surface area contributed by atoms with Crippen molar-refractivity contribution >= 4 is 51.2 Å². The van der Waals surface area contributed by atoms with E-state index in [0.29, 0.717) is 28.1 Å². The molecule has 0 aliphatic carbocycles. The van der Waals surface area contributed by atoms with Crippen LogP contribution in [0.25, 0.3) is 0 Å². The first-order valence-electron chi connectivity index (χ1n) is 13.4. The average molecular weight is 572 g/mol. The Balaban J connectivity index is 1.63. The van der Waals surface area contributed by atoms with Gasteiger partial charge in [-0.15, -0.1) is 0 Å². The molecule has 39 heavy (non-hydrogen) atoms. The molecule has 1 saturated heterocycles. The maximum Gasteiger partial charge on any atom is 0.287 e. The molecule has 4 rings (SSSR count). The number of nitrogens with zero attached hydrogens (tertiary/aromatic N) is 7. The Kier molecular flexibility index (Phi) is 9.43. The molecular weight excluding hydrogens is 534 g/mol. The van der Waals surface area contributed by atoms with E-state index in [1.165, 1.54) is 11.3 Å². The van der Waals surface area contributed by atoms with Crippen LogP contribution in [0.2, 0.25) is 5.02 Å². The summed E-state index contributed by atoms with van der Waals surface area (Å²) in [7, 11) is 0. The Morgan fingerprint density at radius 3 is 2.44 bits per heavy atom. The molecule has 1 aromatic carbocycles. The van der Waals surface area contributed by atoms with E-state index in [1.807, 2.05) is 52.0 Å². The lowest BCUT2D eigenvalue weighted by atomic mass is 10.1. The Labute approximate surface area is 240 Å². The smallest absolute Gasteiger partial charge is 0.287 e. The normalized spacial score (nSPS) is 14.4. The second-order valence-electron chi connectivity index (χ2n) is 10.3. The van der Waals surface area contributed by atoms with Gasteiger partial charge in [0, 0.05) is 50.9 Å². The molecule has 0 bridgehead atoms. The van der Waals surface area contributed by atoms with Crippen LogP contribution in [-0.4, -0.2) is 82.3 Å². The van der Waals surface area contributed by atoms with Crippen molar-refractivity contribution in [3.8, 4) is 0 Å². The Bertz CT molecular complexity index is 1270. The van der Waals surface area contributed by atoms with Crippen LogP contribution in [0.15, 0.2) is 30.5 Å². The number of benzene rings is 1. The predicted octanol–water partition coefficient (Wildman–Crippen LogP) is 4.92. The molecule has 1 N–H and O–H groups in total. The van der Waals surface area contributed by atoms with E-state index < -0.39 is 0 Å². The molecular formula is C28H38ClN7O2S. The highest BCUT2D eigenvalue weighted by molar-refractivity contribution is 7.17. The Morgan fingerprint density at radius 2 is 1.82 bits per heavy atom. The molecule has 3 heterocycles. The maximum absolute atomic E-state index is 13.8. The zero-order valence-electron chi connectivity index (χ0n) is 23.6. The van der Waals surface area contributed by atoms with E-state index in [1.54, 1.807) is 11.1 Å². The van der Waals surface area contributed by atoms with Gasteiger partial charge in [0.05, 0.1) is 23.5 Å². The third-order valence-electron chi connectivity index (χ3n) is 6.77. The largest absolute Gasteiger partial charge is 0.395 e. The molecule has 0 atom stereocenters. The highest BCUT2D eigenvalue weighted by Crippen LogP contribution is 2.36. The predicted molar refractivity (Wildman–Crippen MR) is 160 cm³/mol. The number of aliphatic hydroxyl groups is 1. The van der Waals surface area contributed by atoms with E-state index in [-0.39, 0.29) is 24.6 Å². The third kappa shape index (κ3) is 6.51. The number of hydrogen-bond acceptors (Lipinski definition) is 9. The van der Waals surface area contributed by atoms with Gasteiger partial charge in [-0.05, 0) is 53.2 Å². The number of aromatic nitrogens is 3. The molecule has 9 nitrogen and oxygen atoms in total. The number of hydrogen-bond donors (Lipinski definition) is 1. The van der Waals surface area contributed by atoms with Crippen molar-refractivity contribution in [2.75, 3.05) is 54.0 Å². The number of aliphatic hydroxyl groups excluding tert-OH is 1. The maximum atomic E-state index is 13.8. The Hall–Kier alpha value is -2.79. The topological polar surface area (TPSA) is 88.9 Å². The number of halogens is 1. The van der Waals surface area contributed by atoms with Crippen molar-refractivity contribution in [3.05, 3.63) is 51.9 Å². The van der Waals surface area contributed by atoms with Crippen molar-refractivity contribution in [3.63, 3.8) is 0 Å². The number of carbonyl (C=O) groups is 1. The summed E-state index contributed by atoms with van der Waals surface area (Å²) in [5.41, 5.74) is 1.65. The number of β-amino-alcohol motifs (C(OH)–C–C–N with tert-alkyl or cyclic N) is 1. The number of amides is 1. The van der Waals surface area contributed by atoms with Gasteiger partial charge in [0.1, 0.15) is 22.5 Å². The summed E-state index contributed by atoms with van der Waals surface area (Å²) in [6.45, 7) is 16.3. The number of thiazole rings is 1. The van der Waals surface area contributed by atoms with Gasteiger partial charge in [0.15, 0.2) is 5.01 Å². The fraction of sp³-hybridized carbons (Fsp3) is 0.500. The van der Waals surface area contributed by atoms with E-state index in [9.17, 15) is 9.90 Å². The number of piperazine rings is 1. The molecule has 210 valence electrons. The Morgan fingerprint density at radius 1 is 1.10 bits per heavy atom. The molecule has 0 spiro atoms. The van der Waals surface area contributed by atoms with E-state index in [2.05, 4.69) is 33.5 Å². The van der Waals surface area contributed by atoms with Crippen molar-refractivity contribution in [1.82, 2.24) is 19.9 Å². The lowest BCUT2D eigenvalue weighted by molar-refractivity contribution is 0.0979. The van der Waals surface area contributed by atoms with E-state index in [4.69, 9.17) is 21.6 Å². The molecule has 0 unspecified atom stereocenters. The molecule has 1 aliphatic heterocycles. The summed E-state index contributed by atoms with van der Waals surface area (Å²) < 4.78 is 0. The number of anilines is 4. The van der Waals surface area contributed by atoms with E-state index >= 15 is 0 Å². The third-order valence-corrected chi connectivity index (χ3v) is 8.05. The SMILES string of the molecule is Cc1nc(N2CCN(CCO)CC2)cc(N(c2cnc(C(=O)N(c3c(C)cccc3Cl)C(C)C)s2)C(C)C)n1. The molecule has 0 radical (unpaired) electrons. The number of para-hydroxylation sites is 1. The van der Waals surface area contributed by atoms with Gasteiger partial charge in [-0.2, -0.15) is 0 Å². The lowest BCUT2D eigenvalue weighted by Crippen LogP contribution is -2.47. The summed E-state index contributed by atoms with van der Waals surface area (Å²) in [6.07, 6.45) is 1.75. The number of carbonyl (C=O) groups excluding carboxylic acids is 1. The number of aryl methyl sites for hydroxylation is 2. The van der Waals surface area contributed by atoms with Crippen molar-refractivity contribution in [2.45, 2.75) is 53.6 Å². The summed E-state index contributed by atoms with van der Waals surface area (Å²) in [6, 6.07) is 7.64. The van der Waals surface area contributed by atoms with Crippen molar-refractivity contribution in [2.24, 2.45) is 0 Å². The quantitative estimate of drug-likeness (QED) is 0.387. The van der Waals surface area contributed by atoms with Gasteiger partial charge < -0.3 is 19.8 Å².